The molecule has 2 atom stereocenters. The fourth-order valence-electron chi connectivity index (χ4n) is 7.11. The van der Waals surface area contributed by atoms with Crippen molar-refractivity contribution < 1.29 is 45.4 Å². The highest BCUT2D eigenvalue weighted by Crippen LogP contribution is 2.63. The first-order chi connectivity index (χ1) is 16.2. The summed E-state index contributed by atoms with van der Waals surface area (Å²) < 4.78 is 93.7. The van der Waals surface area contributed by atoms with Crippen LogP contribution in [-0.2, 0) is 21.7 Å². The van der Waals surface area contributed by atoms with Crippen LogP contribution in [0.4, 0.5) is 30.7 Å². The summed E-state index contributed by atoms with van der Waals surface area (Å²) in [6.45, 7) is 0.384. The Kier molecular flexibility index (Phi) is 5.12. The van der Waals surface area contributed by atoms with Gasteiger partial charge >= 0.3 is 24.0 Å². The van der Waals surface area contributed by atoms with Crippen LogP contribution in [0.1, 0.15) is 67.6 Å². The number of alkyl halides is 7. The molecular weight excluding hydrogens is 483 g/mol. The Morgan fingerprint density at radius 2 is 1.51 bits per heavy atom. The second-order valence-corrected chi connectivity index (χ2v) is 10.6. The molecule has 0 radical (unpaired) electrons. The quantitative estimate of drug-likeness (QED) is 0.539. The molecular formula is C24H24F7NO3. The Balaban J connectivity index is 1.41. The molecule has 2 bridgehead atoms. The lowest BCUT2D eigenvalue weighted by atomic mass is 9.77. The fraction of sp³-hybridized carbons (Fsp3) is 0.667. The van der Waals surface area contributed by atoms with Gasteiger partial charge in [0.25, 0.3) is 0 Å². The topological polar surface area (TPSA) is 57.6 Å². The molecule has 0 unspecified atom stereocenters. The number of fused-ring (bicyclic) bond motifs is 5. The molecule has 1 saturated heterocycles. The highest BCUT2D eigenvalue weighted by Gasteiger charge is 2.73. The Hall–Kier alpha value is -2.33. The number of halogens is 7. The van der Waals surface area contributed by atoms with Crippen LogP contribution in [0.3, 0.4) is 0 Å². The van der Waals surface area contributed by atoms with Gasteiger partial charge in [-0.1, -0.05) is 18.2 Å². The molecule has 1 amide bonds. The monoisotopic (exact) mass is 507 g/mol. The third-order valence-corrected chi connectivity index (χ3v) is 8.99. The second-order valence-electron chi connectivity index (χ2n) is 10.6. The van der Waals surface area contributed by atoms with Crippen molar-refractivity contribution in [2.24, 2.45) is 10.8 Å². The minimum Gasteiger partial charge on any atom is -0.481 e. The van der Waals surface area contributed by atoms with Gasteiger partial charge in [-0.15, -0.1) is 0 Å². The van der Waals surface area contributed by atoms with Crippen LogP contribution in [0.25, 0.3) is 0 Å². The van der Waals surface area contributed by atoms with E-state index in [1.807, 2.05) is 0 Å². The van der Waals surface area contributed by atoms with E-state index in [1.165, 1.54) is 0 Å². The molecule has 3 fully saturated rings. The fourth-order valence-corrected chi connectivity index (χ4v) is 7.11. The number of aryl methyl sites for hydroxylation is 1. The molecule has 4 nitrogen and oxygen atoms in total. The zero-order chi connectivity index (χ0) is 25.6. The van der Waals surface area contributed by atoms with Crippen LogP contribution in [-0.4, -0.2) is 46.8 Å². The van der Waals surface area contributed by atoms with Gasteiger partial charge in [0.15, 0.2) is 0 Å². The number of carboxylic acid groups (broad SMARTS) is 1. The van der Waals surface area contributed by atoms with Crippen LogP contribution in [0.2, 0.25) is 0 Å². The summed E-state index contributed by atoms with van der Waals surface area (Å²) in [5.74, 6) is -1.25. The lowest BCUT2D eigenvalue weighted by Gasteiger charge is -2.38. The van der Waals surface area contributed by atoms with E-state index in [1.54, 1.807) is 4.90 Å². The molecule has 2 saturated carbocycles. The molecule has 1 aromatic rings. The molecule has 192 valence electrons. The van der Waals surface area contributed by atoms with E-state index >= 15 is 0 Å². The molecule has 35 heavy (non-hydrogen) atoms. The number of hydrogen-bond acceptors (Lipinski definition) is 2. The Morgan fingerprint density at radius 3 is 2.06 bits per heavy atom. The van der Waals surface area contributed by atoms with E-state index in [0.29, 0.717) is 69.2 Å². The van der Waals surface area contributed by atoms with Crippen molar-refractivity contribution in [3.05, 3.63) is 34.9 Å². The minimum atomic E-state index is -6.17. The van der Waals surface area contributed by atoms with E-state index in [9.17, 15) is 45.4 Å². The third kappa shape index (κ3) is 3.25. The predicted molar refractivity (Wildman–Crippen MR) is 108 cm³/mol. The summed E-state index contributed by atoms with van der Waals surface area (Å²) in [5, 5.41) is 9.64. The minimum absolute atomic E-state index is 0.0948. The summed E-state index contributed by atoms with van der Waals surface area (Å²) >= 11 is 0. The first-order valence-corrected chi connectivity index (χ1v) is 11.7. The van der Waals surface area contributed by atoms with Crippen LogP contribution in [0.15, 0.2) is 18.2 Å². The molecule has 0 spiro atoms. The summed E-state index contributed by atoms with van der Waals surface area (Å²) in [5.41, 5.74) is -7.75. The number of rotatable bonds is 3. The highest BCUT2D eigenvalue weighted by molar-refractivity contribution is 5.87. The van der Waals surface area contributed by atoms with Gasteiger partial charge in [0.1, 0.15) is 0 Å². The lowest BCUT2D eigenvalue weighted by molar-refractivity contribution is -0.348. The molecule has 0 aromatic heterocycles. The summed E-state index contributed by atoms with van der Waals surface area (Å²) in [6.07, 6.45) is -9.19. The zero-order valence-electron chi connectivity index (χ0n) is 18.6. The van der Waals surface area contributed by atoms with E-state index in [-0.39, 0.29) is 29.9 Å². The maximum Gasteiger partial charge on any atom is 0.435 e. The first kappa shape index (κ1) is 24.4. The number of carbonyl (C=O) groups excluding carboxylic acids is 1. The van der Waals surface area contributed by atoms with Crippen molar-refractivity contribution >= 4 is 11.9 Å². The molecule has 5 rings (SSSR count). The SMILES string of the molecule is O=C(O)C12CCC(C(=O)N3CC[C@H]4c5ccc(C(F)(C(F)(F)F)C(F)(F)F)cc5CC[C@H]43)(CC1)C2. The molecule has 3 aliphatic carbocycles. The van der Waals surface area contributed by atoms with Gasteiger partial charge in [0.05, 0.1) is 10.8 Å². The summed E-state index contributed by atoms with van der Waals surface area (Å²) in [7, 11) is 0. The third-order valence-electron chi connectivity index (χ3n) is 8.99. The number of amides is 1. The Bertz CT molecular complexity index is 1060. The van der Waals surface area contributed by atoms with Crippen molar-refractivity contribution in [1.82, 2.24) is 4.90 Å². The number of carboxylic acids is 1. The van der Waals surface area contributed by atoms with Gasteiger partial charge in [-0.3, -0.25) is 9.59 Å². The van der Waals surface area contributed by atoms with E-state index in [4.69, 9.17) is 0 Å². The molecule has 1 N–H and O–H groups in total. The van der Waals surface area contributed by atoms with Crippen molar-refractivity contribution in [1.29, 1.82) is 0 Å². The molecule has 1 heterocycles. The Labute approximate surface area is 196 Å². The van der Waals surface area contributed by atoms with E-state index in [2.05, 4.69) is 0 Å². The summed E-state index contributed by atoms with van der Waals surface area (Å²) in [4.78, 5) is 27.1. The van der Waals surface area contributed by atoms with Crippen LogP contribution < -0.4 is 0 Å². The number of aliphatic carboxylic acids is 1. The number of carbonyl (C=O) groups is 2. The average molecular weight is 507 g/mol. The standard InChI is InChI=1S/C24H24F7NO3/c25-22(23(26,27)28,24(29,30)31)14-2-3-15-13(11-14)1-4-17-16(15)5-10-32(17)18(33)20-6-8-21(12-20,9-7-20)19(34)35/h2-3,11,16-17H,1,4-10,12H2,(H,34,35)/t16-,17+,20?,21?/m0/s1. The van der Waals surface area contributed by atoms with Gasteiger partial charge < -0.3 is 10.0 Å². The van der Waals surface area contributed by atoms with E-state index in [0.717, 1.165) is 6.07 Å². The molecule has 11 heteroatoms. The number of hydrogen-bond donors (Lipinski definition) is 1. The summed E-state index contributed by atoms with van der Waals surface area (Å²) in [6, 6.07) is 2.10. The largest absolute Gasteiger partial charge is 0.481 e. The predicted octanol–water partition coefficient (Wildman–Crippen LogP) is 5.64. The molecule has 1 aromatic carbocycles. The average Bonchev–Trinajstić information content (AvgIpc) is 3.49. The van der Waals surface area contributed by atoms with Gasteiger partial charge in [0.2, 0.25) is 5.91 Å². The maximum absolute atomic E-state index is 14.5. The maximum atomic E-state index is 14.5. The van der Waals surface area contributed by atoms with Crippen molar-refractivity contribution in [3.8, 4) is 0 Å². The van der Waals surface area contributed by atoms with Gasteiger partial charge in [-0.05, 0) is 62.5 Å². The van der Waals surface area contributed by atoms with Gasteiger partial charge in [-0.25, -0.2) is 4.39 Å². The van der Waals surface area contributed by atoms with Crippen LogP contribution >= 0.6 is 0 Å². The van der Waals surface area contributed by atoms with Crippen LogP contribution in [0, 0.1) is 10.8 Å². The lowest BCUT2D eigenvalue weighted by Crippen LogP contribution is -2.50. The van der Waals surface area contributed by atoms with Crippen molar-refractivity contribution in [3.63, 3.8) is 0 Å². The van der Waals surface area contributed by atoms with Gasteiger partial charge in [-0.2, -0.15) is 26.3 Å². The van der Waals surface area contributed by atoms with E-state index < -0.39 is 40.4 Å². The number of benzene rings is 1. The van der Waals surface area contributed by atoms with Gasteiger partial charge in [0, 0.05) is 24.1 Å². The Morgan fingerprint density at radius 1 is 0.914 bits per heavy atom. The smallest absolute Gasteiger partial charge is 0.435 e. The molecule has 1 aliphatic heterocycles. The van der Waals surface area contributed by atoms with Crippen LogP contribution in [0.5, 0.6) is 0 Å². The van der Waals surface area contributed by atoms with Crippen molar-refractivity contribution in [2.45, 2.75) is 81.3 Å². The zero-order valence-corrected chi connectivity index (χ0v) is 18.6. The highest BCUT2D eigenvalue weighted by atomic mass is 19.4. The first-order valence-electron chi connectivity index (χ1n) is 11.7. The number of nitrogens with zero attached hydrogens (tertiary/aromatic N) is 1. The second kappa shape index (κ2) is 7.35. The number of likely N-dealkylation sites (tertiary alicyclic amines) is 1. The normalized spacial score (nSPS) is 32.5. The molecule has 4 aliphatic rings. The van der Waals surface area contributed by atoms with Crippen molar-refractivity contribution in [2.75, 3.05) is 6.54 Å².